The predicted molar refractivity (Wildman–Crippen MR) is 71.1 cm³/mol. The van der Waals surface area contributed by atoms with Gasteiger partial charge in [0, 0.05) is 5.56 Å². The lowest BCUT2D eigenvalue weighted by Crippen LogP contribution is -2.27. The van der Waals surface area contributed by atoms with Crippen molar-refractivity contribution < 1.29 is 13.6 Å². The maximum absolute atomic E-state index is 13.1. The molecule has 1 saturated carbocycles. The molecular weight excluding hydrogens is 247 g/mol. The van der Waals surface area contributed by atoms with Gasteiger partial charge in [-0.15, -0.1) is 0 Å². The number of para-hydroxylation sites is 1. The molecule has 98 valence electrons. The minimum absolute atomic E-state index is 0.377. The fourth-order valence-corrected chi connectivity index (χ4v) is 5.87. The first kappa shape index (κ1) is 12.3. The van der Waals surface area contributed by atoms with E-state index in [1.54, 1.807) is 0 Å². The van der Waals surface area contributed by atoms with Crippen molar-refractivity contribution in [1.82, 2.24) is 0 Å². The lowest BCUT2D eigenvalue weighted by molar-refractivity contribution is 0.246. The smallest absolute Gasteiger partial charge is 0.389 e. The molecule has 3 rings (SSSR count). The third-order valence-electron chi connectivity index (χ3n) is 4.11. The molecule has 0 saturated heterocycles. The Kier molecular flexibility index (Phi) is 2.99. The van der Waals surface area contributed by atoms with Crippen molar-refractivity contribution in [2.24, 2.45) is 0 Å². The summed E-state index contributed by atoms with van der Waals surface area (Å²) in [7, 11) is -3.06. The van der Waals surface area contributed by atoms with Crippen LogP contribution >= 0.6 is 7.60 Å². The molecule has 4 heteroatoms. The summed E-state index contributed by atoms with van der Waals surface area (Å²) in [6.07, 6.45) is 5.27. The molecule has 18 heavy (non-hydrogen) atoms. The molecule has 3 nitrogen and oxygen atoms in total. The van der Waals surface area contributed by atoms with Gasteiger partial charge in [0.1, 0.15) is 10.9 Å². The maximum atomic E-state index is 13.1. The highest BCUT2D eigenvalue weighted by Crippen LogP contribution is 2.75. The normalized spacial score (nSPS) is 28.9. The molecule has 1 aliphatic heterocycles. The van der Waals surface area contributed by atoms with Crippen molar-refractivity contribution in [3.63, 3.8) is 0 Å². The van der Waals surface area contributed by atoms with E-state index in [-0.39, 0.29) is 5.16 Å². The second kappa shape index (κ2) is 4.40. The molecule has 1 spiro atoms. The molecule has 1 atom stereocenters. The van der Waals surface area contributed by atoms with E-state index in [0.717, 1.165) is 37.0 Å². The van der Waals surface area contributed by atoms with Crippen LogP contribution in [0.4, 0.5) is 0 Å². The van der Waals surface area contributed by atoms with E-state index < -0.39 is 7.60 Å². The molecular formula is C14H19O3P. The van der Waals surface area contributed by atoms with E-state index in [1.807, 2.05) is 25.1 Å². The fraction of sp³-hybridized carbons (Fsp3) is 0.571. The Morgan fingerprint density at radius 2 is 2.00 bits per heavy atom. The monoisotopic (exact) mass is 266 g/mol. The van der Waals surface area contributed by atoms with Gasteiger partial charge in [0.05, 0.1) is 6.61 Å². The highest BCUT2D eigenvalue weighted by Gasteiger charge is 2.59. The van der Waals surface area contributed by atoms with Gasteiger partial charge in [-0.3, -0.25) is 4.52 Å². The van der Waals surface area contributed by atoms with Crippen molar-refractivity contribution in [3.8, 4) is 5.75 Å². The van der Waals surface area contributed by atoms with Gasteiger partial charge in [0.2, 0.25) is 0 Å². The van der Waals surface area contributed by atoms with Crippen LogP contribution in [0, 0.1) is 0 Å². The SMILES string of the molecule is CCOP1(=O)Oc2ccccc2C12CCCCC2. The fourth-order valence-electron chi connectivity index (χ4n) is 3.29. The quantitative estimate of drug-likeness (QED) is 0.741. The summed E-state index contributed by atoms with van der Waals surface area (Å²) in [6, 6.07) is 7.89. The van der Waals surface area contributed by atoms with E-state index in [4.69, 9.17) is 9.05 Å². The maximum Gasteiger partial charge on any atom is 0.389 e. The summed E-state index contributed by atoms with van der Waals surface area (Å²) in [4.78, 5) is 0. The second-order valence-electron chi connectivity index (χ2n) is 5.09. The lowest BCUT2D eigenvalue weighted by Gasteiger charge is -2.35. The Morgan fingerprint density at radius 3 is 2.72 bits per heavy atom. The molecule has 2 aliphatic rings. The first-order chi connectivity index (χ1) is 8.72. The molecule has 1 aliphatic carbocycles. The number of hydrogen-bond donors (Lipinski definition) is 0. The zero-order chi connectivity index (χ0) is 12.6. The number of rotatable bonds is 2. The van der Waals surface area contributed by atoms with E-state index in [9.17, 15) is 4.57 Å². The molecule has 0 bridgehead atoms. The highest BCUT2D eigenvalue weighted by atomic mass is 31.2. The van der Waals surface area contributed by atoms with Crippen LogP contribution in [0.5, 0.6) is 5.75 Å². The van der Waals surface area contributed by atoms with Gasteiger partial charge in [0.15, 0.2) is 0 Å². The minimum atomic E-state index is -3.06. The van der Waals surface area contributed by atoms with Crippen LogP contribution in [-0.2, 0) is 14.2 Å². The zero-order valence-electron chi connectivity index (χ0n) is 10.7. The summed E-state index contributed by atoms with van der Waals surface area (Å²) < 4.78 is 24.5. The van der Waals surface area contributed by atoms with Crippen LogP contribution in [0.15, 0.2) is 24.3 Å². The molecule has 1 fully saturated rings. The van der Waals surface area contributed by atoms with E-state index in [0.29, 0.717) is 6.61 Å². The Morgan fingerprint density at radius 1 is 1.28 bits per heavy atom. The lowest BCUT2D eigenvalue weighted by atomic mass is 9.83. The van der Waals surface area contributed by atoms with Crippen molar-refractivity contribution >= 4 is 7.60 Å². The van der Waals surface area contributed by atoms with E-state index >= 15 is 0 Å². The van der Waals surface area contributed by atoms with Crippen LogP contribution in [0.1, 0.15) is 44.6 Å². The summed E-state index contributed by atoms with van der Waals surface area (Å²) in [5.74, 6) is 0.760. The second-order valence-corrected chi connectivity index (χ2v) is 7.39. The Balaban J connectivity index is 2.12. The van der Waals surface area contributed by atoms with Crippen LogP contribution in [0.25, 0.3) is 0 Å². The minimum Gasteiger partial charge on any atom is -0.423 e. The van der Waals surface area contributed by atoms with Gasteiger partial charge in [-0.2, -0.15) is 0 Å². The van der Waals surface area contributed by atoms with Gasteiger partial charge in [0.25, 0.3) is 0 Å². The molecule has 0 amide bonds. The molecule has 1 aromatic rings. The standard InChI is InChI=1S/C14H19O3P/c1-2-16-18(15)14(10-6-3-7-11-14)12-8-4-5-9-13(12)17-18/h4-5,8-9H,2-3,6-7,10-11H2,1H3. The average Bonchev–Trinajstić information content (AvgIpc) is 2.61. The molecule has 0 N–H and O–H groups in total. The third kappa shape index (κ3) is 1.57. The summed E-state index contributed by atoms with van der Waals surface area (Å²) in [5, 5.41) is -0.377. The Hall–Kier alpha value is -0.790. The summed E-state index contributed by atoms with van der Waals surface area (Å²) in [5.41, 5.74) is 1.10. The first-order valence-corrected chi connectivity index (χ1v) is 8.30. The van der Waals surface area contributed by atoms with Crippen molar-refractivity contribution in [1.29, 1.82) is 0 Å². The topological polar surface area (TPSA) is 35.5 Å². The van der Waals surface area contributed by atoms with E-state index in [2.05, 4.69) is 6.07 Å². The predicted octanol–water partition coefficient (Wildman–Crippen LogP) is 4.47. The average molecular weight is 266 g/mol. The van der Waals surface area contributed by atoms with Crippen LogP contribution in [0.2, 0.25) is 0 Å². The molecule has 1 heterocycles. The first-order valence-electron chi connectivity index (χ1n) is 6.76. The van der Waals surface area contributed by atoms with Gasteiger partial charge < -0.3 is 4.52 Å². The van der Waals surface area contributed by atoms with Gasteiger partial charge in [-0.05, 0) is 25.8 Å². The molecule has 0 aromatic heterocycles. The largest absolute Gasteiger partial charge is 0.423 e. The van der Waals surface area contributed by atoms with Gasteiger partial charge in [-0.25, -0.2) is 4.57 Å². The van der Waals surface area contributed by atoms with Crippen LogP contribution in [-0.4, -0.2) is 6.61 Å². The van der Waals surface area contributed by atoms with Crippen molar-refractivity contribution in [2.45, 2.75) is 44.2 Å². The molecule has 1 unspecified atom stereocenters. The molecule has 0 radical (unpaired) electrons. The number of benzene rings is 1. The van der Waals surface area contributed by atoms with Gasteiger partial charge >= 0.3 is 7.60 Å². The van der Waals surface area contributed by atoms with Crippen LogP contribution < -0.4 is 4.52 Å². The highest BCUT2D eigenvalue weighted by molar-refractivity contribution is 7.56. The Bertz CT molecular complexity index is 492. The van der Waals surface area contributed by atoms with Gasteiger partial charge in [-0.1, -0.05) is 37.5 Å². The van der Waals surface area contributed by atoms with Crippen molar-refractivity contribution in [2.75, 3.05) is 6.61 Å². The summed E-state index contributed by atoms with van der Waals surface area (Å²) >= 11 is 0. The van der Waals surface area contributed by atoms with Crippen LogP contribution in [0.3, 0.4) is 0 Å². The molecule has 1 aromatic carbocycles. The zero-order valence-corrected chi connectivity index (χ0v) is 11.6. The number of hydrogen-bond acceptors (Lipinski definition) is 3. The van der Waals surface area contributed by atoms with E-state index in [1.165, 1.54) is 6.42 Å². The number of fused-ring (bicyclic) bond motifs is 2. The summed E-state index contributed by atoms with van der Waals surface area (Å²) in [6.45, 7) is 2.32. The third-order valence-corrected chi connectivity index (χ3v) is 6.88. The Labute approximate surface area is 108 Å². The van der Waals surface area contributed by atoms with Crippen molar-refractivity contribution in [3.05, 3.63) is 29.8 Å².